The zero-order valence-electron chi connectivity index (χ0n) is 15.5. The summed E-state index contributed by atoms with van der Waals surface area (Å²) in [6, 6.07) is 5.80. The lowest BCUT2D eigenvalue weighted by molar-refractivity contribution is -0.384. The van der Waals surface area contributed by atoms with Crippen molar-refractivity contribution < 1.29 is 24.0 Å². The minimum absolute atomic E-state index is 0.0906. The van der Waals surface area contributed by atoms with Gasteiger partial charge in [0.15, 0.2) is 5.78 Å². The van der Waals surface area contributed by atoms with Crippen LogP contribution in [0.2, 0.25) is 0 Å². The van der Waals surface area contributed by atoms with Crippen LogP contribution < -0.4 is 5.32 Å². The molecule has 0 atom stereocenters. The lowest BCUT2D eigenvalue weighted by Gasteiger charge is -2.05. The summed E-state index contributed by atoms with van der Waals surface area (Å²) in [6.07, 6.45) is 2.61. The van der Waals surface area contributed by atoms with Crippen LogP contribution in [0.15, 0.2) is 30.3 Å². The monoisotopic (exact) mass is 402 g/mol. The number of hydrogen-bond donors (Lipinski definition) is 1. The van der Waals surface area contributed by atoms with Gasteiger partial charge in [0.1, 0.15) is 5.00 Å². The van der Waals surface area contributed by atoms with E-state index in [0.717, 1.165) is 11.3 Å². The molecule has 2 aromatic rings. The molecule has 28 heavy (non-hydrogen) atoms. The van der Waals surface area contributed by atoms with Gasteiger partial charge in [-0.15, -0.1) is 11.3 Å². The van der Waals surface area contributed by atoms with E-state index in [-0.39, 0.29) is 28.6 Å². The number of anilines is 1. The number of rotatable bonds is 7. The molecular formula is C19H18N2O6S. The predicted octanol–water partition coefficient (Wildman–Crippen LogP) is 4.00. The van der Waals surface area contributed by atoms with Crippen LogP contribution in [0.5, 0.6) is 0 Å². The highest BCUT2D eigenvalue weighted by Gasteiger charge is 2.24. The third-order valence-corrected chi connectivity index (χ3v) is 5.00. The van der Waals surface area contributed by atoms with Crippen LogP contribution in [-0.4, -0.2) is 29.2 Å². The van der Waals surface area contributed by atoms with Crippen molar-refractivity contribution in [1.82, 2.24) is 0 Å². The zero-order chi connectivity index (χ0) is 20.8. The number of ketones is 1. The molecule has 0 bridgehead atoms. The standard InChI is InChI=1S/C19H18N2O6S/c1-4-27-19(24)16-11(2)17(12(3)22)28-18(16)20-15(23)9-8-13-6-5-7-14(10-13)21(25)26/h5-10H,4H2,1-3H3,(H,20,23). The Balaban J connectivity index is 2.27. The summed E-state index contributed by atoms with van der Waals surface area (Å²) in [5.74, 6) is -1.39. The first-order valence-electron chi connectivity index (χ1n) is 8.29. The number of hydrogen-bond acceptors (Lipinski definition) is 7. The summed E-state index contributed by atoms with van der Waals surface area (Å²) in [7, 11) is 0. The Bertz CT molecular complexity index is 977. The van der Waals surface area contributed by atoms with Gasteiger partial charge in [-0.3, -0.25) is 19.7 Å². The van der Waals surface area contributed by atoms with E-state index in [1.54, 1.807) is 19.9 Å². The van der Waals surface area contributed by atoms with Crippen LogP contribution >= 0.6 is 11.3 Å². The molecule has 0 radical (unpaired) electrons. The Kier molecular flexibility index (Phi) is 6.78. The van der Waals surface area contributed by atoms with Crippen molar-refractivity contribution in [3.8, 4) is 0 Å². The van der Waals surface area contributed by atoms with E-state index in [0.29, 0.717) is 16.0 Å². The number of nitro benzene ring substituents is 1. The Morgan fingerprint density at radius 2 is 2.04 bits per heavy atom. The van der Waals surface area contributed by atoms with Gasteiger partial charge in [-0.1, -0.05) is 12.1 Å². The second kappa shape index (κ2) is 9.05. The van der Waals surface area contributed by atoms with Crippen molar-refractivity contribution in [2.24, 2.45) is 0 Å². The molecular weight excluding hydrogens is 384 g/mol. The number of benzene rings is 1. The van der Waals surface area contributed by atoms with Crippen molar-refractivity contribution in [3.63, 3.8) is 0 Å². The maximum atomic E-state index is 12.3. The van der Waals surface area contributed by atoms with E-state index in [4.69, 9.17) is 4.74 Å². The highest BCUT2D eigenvalue weighted by Crippen LogP contribution is 2.34. The summed E-state index contributed by atoms with van der Waals surface area (Å²) in [5.41, 5.74) is 0.983. The van der Waals surface area contributed by atoms with Gasteiger partial charge in [0.05, 0.1) is 22.0 Å². The number of esters is 1. The van der Waals surface area contributed by atoms with Gasteiger partial charge in [0.2, 0.25) is 5.91 Å². The number of thiophene rings is 1. The fraction of sp³-hybridized carbons (Fsp3) is 0.211. The van der Waals surface area contributed by atoms with E-state index in [1.165, 1.54) is 37.3 Å². The Morgan fingerprint density at radius 1 is 1.32 bits per heavy atom. The minimum Gasteiger partial charge on any atom is -0.462 e. The zero-order valence-corrected chi connectivity index (χ0v) is 16.3. The lowest BCUT2D eigenvalue weighted by atomic mass is 10.1. The quantitative estimate of drug-likeness (QED) is 0.246. The molecule has 8 nitrogen and oxygen atoms in total. The number of nitrogens with one attached hydrogen (secondary N) is 1. The summed E-state index contributed by atoms with van der Waals surface area (Å²) >= 11 is 0.999. The van der Waals surface area contributed by atoms with Crippen LogP contribution in [0.1, 0.15) is 45.0 Å². The van der Waals surface area contributed by atoms with Gasteiger partial charge in [-0.05, 0) is 38.0 Å². The first-order chi connectivity index (χ1) is 13.2. The maximum absolute atomic E-state index is 12.3. The molecule has 146 valence electrons. The molecule has 1 heterocycles. The number of non-ortho nitro benzene ring substituents is 1. The fourth-order valence-corrected chi connectivity index (χ4v) is 3.55. The normalized spacial score (nSPS) is 10.7. The van der Waals surface area contributed by atoms with Crippen LogP contribution in [0.25, 0.3) is 6.08 Å². The number of ether oxygens (including phenoxy) is 1. The van der Waals surface area contributed by atoms with Crippen molar-refractivity contribution in [3.05, 3.63) is 62.0 Å². The molecule has 0 fully saturated rings. The average Bonchev–Trinajstić information content (AvgIpc) is 2.96. The van der Waals surface area contributed by atoms with Gasteiger partial charge in [0.25, 0.3) is 5.69 Å². The van der Waals surface area contributed by atoms with E-state index < -0.39 is 16.8 Å². The third kappa shape index (κ3) is 4.89. The van der Waals surface area contributed by atoms with Crippen molar-refractivity contribution >= 4 is 45.8 Å². The minimum atomic E-state index is -0.623. The summed E-state index contributed by atoms with van der Waals surface area (Å²) in [5, 5.41) is 13.6. The fourth-order valence-electron chi connectivity index (χ4n) is 2.45. The highest BCUT2D eigenvalue weighted by molar-refractivity contribution is 7.18. The van der Waals surface area contributed by atoms with Crippen LogP contribution in [-0.2, 0) is 9.53 Å². The molecule has 9 heteroatoms. The number of nitro groups is 1. The van der Waals surface area contributed by atoms with Gasteiger partial charge < -0.3 is 10.1 Å². The highest BCUT2D eigenvalue weighted by atomic mass is 32.1. The van der Waals surface area contributed by atoms with Gasteiger partial charge >= 0.3 is 5.97 Å². The van der Waals surface area contributed by atoms with Crippen molar-refractivity contribution in [2.45, 2.75) is 20.8 Å². The first-order valence-corrected chi connectivity index (χ1v) is 9.11. The second-order valence-electron chi connectivity index (χ2n) is 5.71. The summed E-state index contributed by atoms with van der Waals surface area (Å²) in [6.45, 7) is 4.81. The largest absolute Gasteiger partial charge is 0.462 e. The molecule has 1 aromatic heterocycles. The van der Waals surface area contributed by atoms with Gasteiger partial charge in [0, 0.05) is 18.2 Å². The Hall–Kier alpha value is -3.33. The molecule has 0 spiro atoms. The molecule has 0 saturated carbocycles. The number of carbonyl (C=O) groups excluding carboxylic acids is 3. The number of amides is 1. The molecule has 0 aliphatic rings. The molecule has 0 unspecified atom stereocenters. The SMILES string of the molecule is CCOC(=O)c1c(NC(=O)C=Cc2cccc([N+](=O)[O-])c2)sc(C(C)=O)c1C. The molecule has 2 rings (SSSR count). The van der Waals surface area contributed by atoms with E-state index >= 15 is 0 Å². The molecule has 1 aromatic carbocycles. The smallest absolute Gasteiger partial charge is 0.341 e. The summed E-state index contributed by atoms with van der Waals surface area (Å²) < 4.78 is 5.01. The number of Topliss-reactive ketones (excluding diaryl/α,β-unsaturated/α-hetero) is 1. The van der Waals surface area contributed by atoms with Gasteiger partial charge in [-0.25, -0.2) is 4.79 Å². The Labute approximate surface area is 165 Å². The van der Waals surface area contributed by atoms with Gasteiger partial charge in [-0.2, -0.15) is 0 Å². The molecule has 0 aliphatic heterocycles. The number of carbonyl (C=O) groups is 3. The van der Waals surface area contributed by atoms with E-state index in [1.807, 2.05) is 0 Å². The second-order valence-corrected chi connectivity index (χ2v) is 6.73. The molecule has 0 aliphatic carbocycles. The van der Waals surface area contributed by atoms with Crippen LogP contribution in [0.3, 0.4) is 0 Å². The van der Waals surface area contributed by atoms with E-state index in [9.17, 15) is 24.5 Å². The topological polar surface area (TPSA) is 116 Å². The third-order valence-electron chi connectivity index (χ3n) is 3.69. The Morgan fingerprint density at radius 3 is 2.64 bits per heavy atom. The predicted molar refractivity (Wildman–Crippen MR) is 106 cm³/mol. The molecule has 0 saturated heterocycles. The molecule has 1 amide bonds. The molecule has 1 N–H and O–H groups in total. The van der Waals surface area contributed by atoms with Crippen molar-refractivity contribution in [1.29, 1.82) is 0 Å². The van der Waals surface area contributed by atoms with E-state index in [2.05, 4.69) is 5.32 Å². The average molecular weight is 402 g/mol. The number of nitrogens with zero attached hydrogens (tertiary/aromatic N) is 1. The summed E-state index contributed by atoms with van der Waals surface area (Å²) in [4.78, 5) is 46.9. The van der Waals surface area contributed by atoms with Crippen molar-refractivity contribution in [2.75, 3.05) is 11.9 Å². The van der Waals surface area contributed by atoms with Crippen LogP contribution in [0.4, 0.5) is 10.7 Å². The maximum Gasteiger partial charge on any atom is 0.341 e. The first kappa shape index (κ1) is 21.0. The van der Waals surface area contributed by atoms with Crippen LogP contribution in [0, 0.1) is 17.0 Å². The lowest BCUT2D eigenvalue weighted by Crippen LogP contribution is -2.12.